The molecule has 1 aliphatic rings. The Morgan fingerprint density at radius 2 is 2.50 bits per heavy atom. The van der Waals surface area contributed by atoms with Crippen LogP contribution in [0.5, 0.6) is 5.88 Å². The highest BCUT2D eigenvalue weighted by Gasteiger charge is 2.16. The number of aromatic nitrogens is 2. The van der Waals surface area contributed by atoms with Gasteiger partial charge >= 0.3 is 0 Å². The number of rotatable bonds is 3. The predicted octanol–water partition coefficient (Wildman–Crippen LogP) is 1.05. The summed E-state index contributed by atoms with van der Waals surface area (Å²) < 4.78 is 5.23. The highest BCUT2D eigenvalue weighted by atomic mass is 17.2. The maximum atomic E-state index is 8.82. The maximum absolute atomic E-state index is 8.82. The molecule has 0 spiro atoms. The number of ether oxygens (including phenoxy) is 1. The van der Waals surface area contributed by atoms with Gasteiger partial charge in [0.05, 0.1) is 12.8 Å². The van der Waals surface area contributed by atoms with E-state index in [9.17, 15) is 0 Å². The minimum atomic E-state index is 0.256. The summed E-state index contributed by atoms with van der Waals surface area (Å²) in [6.07, 6.45) is 3.10. The molecule has 0 N–H and O–H groups in total. The van der Waals surface area contributed by atoms with Gasteiger partial charge in [0.25, 0.3) is 0 Å². The van der Waals surface area contributed by atoms with Crippen molar-refractivity contribution in [3.8, 4) is 11.9 Å². The molecule has 0 bridgehead atoms. The number of hydrogen-bond donors (Lipinski definition) is 0. The van der Waals surface area contributed by atoms with Crippen LogP contribution in [0.1, 0.15) is 18.3 Å². The Morgan fingerprint density at radius 1 is 1.62 bits per heavy atom. The first kappa shape index (κ1) is 10.4. The first-order chi connectivity index (χ1) is 7.85. The first-order valence-electron chi connectivity index (χ1n) is 4.75. The number of nitriles is 1. The molecule has 0 fully saturated rings. The SMILES string of the molecule is CCOc1nc(C2=CCOO2)ncc1C#N. The molecule has 0 saturated carbocycles. The number of hydrogen-bond acceptors (Lipinski definition) is 6. The van der Waals surface area contributed by atoms with E-state index in [1.54, 1.807) is 6.08 Å². The topological polar surface area (TPSA) is 77.3 Å². The van der Waals surface area contributed by atoms with Gasteiger partial charge < -0.3 is 9.62 Å². The van der Waals surface area contributed by atoms with E-state index in [1.807, 2.05) is 13.0 Å². The molecule has 0 atom stereocenters. The van der Waals surface area contributed by atoms with E-state index in [4.69, 9.17) is 14.9 Å². The molecule has 2 heterocycles. The molecule has 1 aliphatic heterocycles. The minimum Gasteiger partial charge on any atom is -0.477 e. The molecular weight excluding hydrogens is 210 g/mol. The van der Waals surface area contributed by atoms with Gasteiger partial charge in [-0.2, -0.15) is 15.1 Å². The molecule has 1 aromatic rings. The largest absolute Gasteiger partial charge is 0.477 e. The zero-order valence-corrected chi connectivity index (χ0v) is 8.64. The van der Waals surface area contributed by atoms with Crippen LogP contribution in [0.4, 0.5) is 0 Å². The van der Waals surface area contributed by atoms with Gasteiger partial charge in [-0.3, -0.25) is 0 Å². The standard InChI is InChI=1S/C10H9N3O3/c1-2-14-10-7(5-11)6-12-9(13-10)8-3-4-15-16-8/h3,6H,2,4H2,1H3. The Bertz CT molecular complexity index is 465. The van der Waals surface area contributed by atoms with Crippen molar-refractivity contribution in [1.29, 1.82) is 5.26 Å². The first-order valence-corrected chi connectivity index (χ1v) is 4.75. The summed E-state index contributed by atoms with van der Waals surface area (Å²) in [6, 6.07) is 1.96. The fourth-order valence-corrected chi connectivity index (χ4v) is 1.18. The third kappa shape index (κ3) is 1.94. The highest BCUT2D eigenvalue weighted by molar-refractivity contribution is 5.54. The molecule has 82 valence electrons. The summed E-state index contributed by atoms with van der Waals surface area (Å²) in [6.45, 7) is 2.61. The van der Waals surface area contributed by atoms with Gasteiger partial charge in [-0.05, 0) is 13.0 Å². The smallest absolute Gasteiger partial charge is 0.235 e. The Hall–Kier alpha value is -2.13. The minimum absolute atomic E-state index is 0.256. The zero-order valence-electron chi connectivity index (χ0n) is 8.64. The van der Waals surface area contributed by atoms with Crippen molar-refractivity contribution >= 4 is 5.76 Å². The van der Waals surface area contributed by atoms with Crippen LogP contribution in [-0.4, -0.2) is 23.2 Å². The van der Waals surface area contributed by atoms with Gasteiger partial charge in [-0.15, -0.1) is 0 Å². The van der Waals surface area contributed by atoms with Crippen LogP contribution in [0.3, 0.4) is 0 Å². The lowest BCUT2D eigenvalue weighted by Gasteiger charge is -2.05. The predicted molar refractivity (Wildman–Crippen MR) is 52.9 cm³/mol. The molecular formula is C10H9N3O3. The van der Waals surface area contributed by atoms with E-state index in [-0.39, 0.29) is 5.88 Å². The van der Waals surface area contributed by atoms with Crippen molar-refractivity contribution in [3.05, 3.63) is 23.7 Å². The highest BCUT2D eigenvalue weighted by Crippen LogP contribution is 2.21. The van der Waals surface area contributed by atoms with Gasteiger partial charge in [0, 0.05) is 0 Å². The molecule has 0 saturated heterocycles. The van der Waals surface area contributed by atoms with Crippen LogP contribution in [-0.2, 0) is 9.78 Å². The van der Waals surface area contributed by atoms with Gasteiger partial charge in [0.2, 0.25) is 17.5 Å². The van der Waals surface area contributed by atoms with Crippen molar-refractivity contribution < 1.29 is 14.5 Å². The molecule has 0 aromatic carbocycles. The molecule has 16 heavy (non-hydrogen) atoms. The molecule has 6 heteroatoms. The summed E-state index contributed by atoms with van der Waals surface area (Å²) in [5, 5.41) is 8.82. The quantitative estimate of drug-likeness (QED) is 0.707. The van der Waals surface area contributed by atoms with Crippen LogP contribution < -0.4 is 4.74 Å². The van der Waals surface area contributed by atoms with E-state index in [0.29, 0.717) is 30.4 Å². The zero-order chi connectivity index (χ0) is 11.4. The van der Waals surface area contributed by atoms with Gasteiger partial charge in [0.1, 0.15) is 18.2 Å². The Morgan fingerprint density at radius 3 is 3.12 bits per heavy atom. The second kappa shape index (κ2) is 4.59. The average molecular weight is 219 g/mol. The van der Waals surface area contributed by atoms with Crippen LogP contribution in [0.15, 0.2) is 12.3 Å². The van der Waals surface area contributed by atoms with E-state index in [2.05, 4.69) is 14.9 Å². The van der Waals surface area contributed by atoms with Crippen LogP contribution in [0.2, 0.25) is 0 Å². The Kier molecular flexibility index (Phi) is 2.98. The summed E-state index contributed by atoms with van der Waals surface area (Å²) in [5.74, 6) is 1.04. The Balaban J connectivity index is 2.35. The van der Waals surface area contributed by atoms with Gasteiger partial charge in [-0.25, -0.2) is 4.98 Å². The lowest BCUT2D eigenvalue weighted by Crippen LogP contribution is -2.02. The van der Waals surface area contributed by atoms with E-state index < -0.39 is 0 Å². The van der Waals surface area contributed by atoms with Crippen molar-refractivity contribution in [2.75, 3.05) is 13.2 Å². The van der Waals surface area contributed by atoms with E-state index >= 15 is 0 Å². The maximum Gasteiger partial charge on any atom is 0.235 e. The fourth-order valence-electron chi connectivity index (χ4n) is 1.18. The summed E-state index contributed by atoms with van der Waals surface area (Å²) in [5.41, 5.74) is 0.296. The van der Waals surface area contributed by atoms with Crippen LogP contribution >= 0.6 is 0 Å². The average Bonchev–Trinajstić information content (AvgIpc) is 2.83. The summed E-state index contributed by atoms with van der Waals surface area (Å²) >= 11 is 0. The van der Waals surface area contributed by atoms with Gasteiger partial charge in [0.15, 0.2) is 0 Å². The van der Waals surface area contributed by atoms with Crippen LogP contribution in [0, 0.1) is 11.3 Å². The molecule has 0 aliphatic carbocycles. The van der Waals surface area contributed by atoms with Crippen LogP contribution in [0.25, 0.3) is 5.76 Å². The van der Waals surface area contributed by atoms with E-state index in [1.165, 1.54) is 6.20 Å². The van der Waals surface area contributed by atoms with E-state index in [0.717, 1.165) is 0 Å². The molecule has 1 aromatic heterocycles. The third-order valence-electron chi connectivity index (χ3n) is 1.86. The fraction of sp³-hybridized carbons (Fsp3) is 0.300. The van der Waals surface area contributed by atoms with Crippen molar-refractivity contribution in [1.82, 2.24) is 9.97 Å². The molecule has 2 rings (SSSR count). The number of nitrogens with zero attached hydrogens (tertiary/aromatic N) is 3. The molecule has 0 radical (unpaired) electrons. The molecule has 0 unspecified atom stereocenters. The van der Waals surface area contributed by atoms with Crippen molar-refractivity contribution in [2.24, 2.45) is 0 Å². The monoisotopic (exact) mass is 219 g/mol. The summed E-state index contributed by atoms with van der Waals surface area (Å²) in [4.78, 5) is 17.6. The van der Waals surface area contributed by atoms with Gasteiger partial charge in [-0.1, -0.05) is 0 Å². The summed E-state index contributed by atoms with van der Waals surface area (Å²) in [7, 11) is 0. The van der Waals surface area contributed by atoms with Crippen molar-refractivity contribution in [3.63, 3.8) is 0 Å². The van der Waals surface area contributed by atoms with Crippen molar-refractivity contribution in [2.45, 2.75) is 6.92 Å². The Labute approximate surface area is 92.0 Å². The lowest BCUT2D eigenvalue weighted by molar-refractivity contribution is -0.209. The molecule has 0 amide bonds. The normalized spacial score (nSPS) is 13.9. The lowest BCUT2D eigenvalue weighted by atomic mass is 10.3. The molecule has 6 nitrogen and oxygen atoms in total. The second-order valence-electron chi connectivity index (χ2n) is 2.89. The third-order valence-corrected chi connectivity index (χ3v) is 1.86. The second-order valence-corrected chi connectivity index (χ2v) is 2.89.